The molecule has 4 nitrogen and oxygen atoms in total. The lowest BCUT2D eigenvalue weighted by molar-refractivity contribution is 0.399. The molecule has 0 radical (unpaired) electrons. The van der Waals surface area contributed by atoms with E-state index in [9.17, 15) is 0 Å². The number of ether oxygens (including phenoxy) is 1. The van der Waals surface area contributed by atoms with Crippen molar-refractivity contribution in [3.8, 4) is 5.88 Å². The lowest BCUT2D eigenvalue weighted by atomic mass is 10.1. The molecule has 0 amide bonds. The third-order valence-electron chi connectivity index (χ3n) is 2.25. The topological polar surface area (TPSA) is 39.4 Å². The molecule has 0 bridgehead atoms. The van der Waals surface area contributed by atoms with E-state index in [1.165, 1.54) is 0 Å². The molecule has 2 aromatic heterocycles. The van der Waals surface area contributed by atoms with E-state index in [0.717, 1.165) is 15.9 Å². The van der Waals surface area contributed by atoms with Gasteiger partial charge in [0, 0.05) is 18.1 Å². The number of halogens is 1. The van der Waals surface area contributed by atoms with Crippen LogP contribution in [0.15, 0.2) is 17.0 Å². The van der Waals surface area contributed by atoms with Crippen LogP contribution >= 0.6 is 15.9 Å². The van der Waals surface area contributed by atoms with Crippen LogP contribution in [0.25, 0.3) is 5.65 Å². The Labute approximate surface area is 96.4 Å². The van der Waals surface area contributed by atoms with Crippen molar-refractivity contribution in [2.75, 3.05) is 7.11 Å². The second kappa shape index (κ2) is 3.81. The summed E-state index contributed by atoms with van der Waals surface area (Å²) in [6.07, 6.45) is 3.76. The third-order valence-corrected chi connectivity index (χ3v) is 2.63. The zero-order chi connectivity index (χ0) is 11.0. The summed E-state index contributed by atoms with van der Waals surface area (Å²) in [4.78, 5) is 8.51. The van der Waals surface area contributed by atoms with Crippen molar-refractivity contribution in [2.45, 2.75) is 19.8 Å². The summed E-state index contributed by atoms with van der Waals surface area (Å²) in [5.41, 5.74) is 1.90. The molecular weight excluding hydrogens is 258 g/mol. The van der Waals surface area contributed by atoms with E-state index in [1.54, 1.807) is 7.11 Å². The van der Waals surface area contributed by atoms with Gasteiger partial charge < -0.3 is 4.74 Å². The largest absolute Gasteiger partial charge is 0.478 e. The van der Waals surface area contributed by atoms with Crippen molar-refractivity contribution in [1.82, 2.24) is 14.4 Å². The molecule has 80 valence electrons. The fraction of sp³-hybridized carbons (Fsp3) is 0.400. The van der Waals surface area contributed by atoms with Gasteiger partial charge in [-0.25, -0.2) is 9.97 Å². The number of aromatic nitrogens is 3. The van der Waals surface area contributed by atoms with Gasteiger partial charge in [-0.2, -0.15) is 0 Å². The molecule has 5 heteroatoms. The molecule has 0 aliphatic heterocycles. The lowest BCUT2D eigenvalue weighted by Gasteiger charge is -2.06. The molecule has 0 atom stereocenters. The smallest absolute Gasteiger partial charge is 0.259 e. The van der Waals surface area contributed by atoms with Gasteiger partial charge in [0.25, 0.3) is 5.88 Å². The van der Waals surface area contributed by atoms with Gasteiger partial charge >= 0.3 is 0 Å². The first-order chi connectivity index (χ1) is 7.13. The van der Waals surface area contributed by atoms with Crippen LogP contribution in [0.4, 0.5) is 0 Å². The molecule has 0 unspecified atom stereocenters. The predicted molar refractivity (Wildman–Crippen MR) is 61.3 cm³/mol. The third kappa shape index (κ3) is 1.71. The molecule has 2 aromatic rings. The minimum Gasteiger partial charge on any atom is -0.478 e. The Morgan fingerprint density at radius 2 is 2.20 bits per heavy atom. The Hall–Kier alpha value is -1.10. The maximum Gasteiger partial charge on any atom is 0.259 e. The molecule has 0 aliphatic carbocycles. The summed E-state index contributed by atoms with van der Waals surface area (Å²) in [7, 11) is 1.60. The van der Waals surface area contributed by atoms with Crippen molar-refractivity contribution in [2.24, 2.45) is 0 Å². The Morgan fingerprint density at radius 3 is 2.80 bits per heavy atom. The highest BCUT2D eigenvalue weighted by molar-refractivity contribution is 9.10. The fourth-order valence-electron chi connectivity index (χ4n) is 1.51. The lowest BCUT2D eigenvalue weighted by Crippen LogP contribution is -1.99. The summed E-state index contributed by atoms with van der Waals surface area (Å²) in [5, 5.41) is 0. The van der Waals surface area contributed by atoms with Crippen LogP contribution in [0.2, 0.25) is 0 Å². The first-order valence-electron chi connectivity index (χ1n) is 4.71. The minimum atomic E-state index is 0.416. The molecule has 0 spiro atoms. The molecule has 0 saturated heterocycles. The van der Waals surface area contributed by atoms with E-state index in [0.29, 0.717) is 11.8 Å². The Kier molecular flexibility index (Phi) is 2.65. The first-order valence-corrected chi connectivity index (χ1v) is 5.50. The van der Waals surface area contributed by atoms with Crippen LogP contribution in [-0.2, 0) is 0 Å². The zero-order valence-corrected chi connectivity index (χ0v) is 10.4. The highest BCUT2D eigenvalue weighted by Crippen LogP contribution is 2.23. The summed E-state index contributed by atoms with van der Waals surface area (Å²) in [5.74, 6) is 0.954. The van der Waals surface area contributed by atoms with Crippen molar-refractivity contribution in [3.63, 3.8) is 0 Å². The molecule has 0 fully saturated rings. The minimum absolute atomic E-state index is 0.416. The molecule has 2 heterocycles. The van der Waals surface area contributed by atoms with Crippen LogP contribution in [-0.4, -0.2) is 21.5 Å². The van der Waals surface area contributed by atoms with Gasteiger partial charge in [-0.1, -0.05) is 13.8 Å². The SMILES string of the molecule is COc1nc(Br)cn2c(C(C)C)cnc12. The van der Waals surface area contributed by atoms with E-state index in [4.69, 9.17) is 4.74 Å². The van der Waals surface area contributed by atoms with Crippen molar-refractivity contribution >= 4 is 21.6 Å². The number of hydrogen-bond acceptors (Lipinski definition) is 3. The summed E-state index contributed by atoms with van der Waals surface area (Å²) in [6, 6.07) is 0. The van der Waals surface area contributed by atoms with Gasteiger partial charge in [-0.3, -0.25) is 4.40 Å². The standard InChI is InChI=1S/C10H12BrN3O/c1-6(2)7-4-12-9-10(15-3)13-8(11)5-14(7)9/h4-6H,1-3H3. The fourth-order valence-corrected chi connectivity index (χ4v) is 1.88. The number of methoxy groups -OCH3 is 1. The van der Waals surface area contributed by atoms with Gasteiger partial charge in [0.05, 0.1) is 7.11 Å². The highest BCUT2D eigenvalue weighted by Gasteiger charge is 2.12. The molecule has 0 aliphatic rings. The van der Waals surface area contributed by atoms with Crippen LogP contribution in [0.1, 0.15) is 25.5 Å². The van der Waals surface area contributed by atoms with E-state index < -0.39 is 0 Å². The van der Waals surface area contributed by atoms with Gasteiger partial charge in [0.15, 0.2) is 0 Å². The normalized spacial score (nSPS) is 11.3. The molecule has 0 N–H and O–H groups in total. The highest BCUT2D eigenvalue weighted by atomic mass is 79.9. The van der Waals surface area contributed by atoms with E-state index in [2.05, 4.69) is 39.7 Å². The Morgan fingerprint density at radius 1 is 1.47 bits per heavy atom. The van der Waals surface area contributed by atoms with E-state index >= 15 is 0 Å². The van der Waals surface area contributed by atoms with Crippen molar-refractivity contribution in [1.29, 1.82) is 0 Å². The number of rotatable bonds is 2. The van der Waals surface area contributed by atoms with Crippen molar-refractivity contribution in [3.05, 3.63) is 22.7 Å². The molecule has 2 rings (SSSR count). The second-order valence-corrected chi connectivity index (χ2v) is 4.42. The maximum atomic E-state index is 5.18. The average molecular weight is 270 g/mol. The predicted octanol–water partition coefficient (Wildman–Crippen LogP) is 2.62. The van der Waals surface area contributed by atoms with Crippen molar-refractivity contribution < 1.29 is 4.74 Å². The number of imidazole rings is 1. The van der Waals surface area contributed by atoms with Gasteiger partial charge in [0.2, 0.25) is 5.65 Å². The monoisotopic (exact) mass is 269 g/mol. The van der Waals surface area contributed by atoms with Gasteiger partial charge in [-0.05, 0) is 21.8 Å². The van der Waals surface area contributed by atoms with Gasteiger partial charge in [-0.15, -0.1) is 0 Å². The van der Waals surface area contributed by atoms with Crippen LogP contribution in [0.5, 0.6) is 5.88 Å². The van der Waals surface area contributed by atoms with Gasteiger partial charge in [0.1, 0.15) is 4.60 Å². The molecule has 0 aromatic carbocycles. The number of fused-ring (bicyclic) bond motifs is 1. The van der Waals surface area contributed by atoms with Crippen LogP contribution in [0, 0.1) is 0 Å². The second-order valence-electron chi connectivity index (χ2n) is 3.60. The Balaban J connectivity index is 2.75. The number of nitrogens with zero attached hydrogens (tertiary/aromatic N) is 3. The van der Waals surface area contributed by atoms with Crippen LogP contribution < -0.4 is 4.74 Å². The molecule has 15 heavy (non-hydrogen) atoms. The van der Waals surface area contributed by atoms with E-state index in [1.807, 2.05) is 16.8 Å². The molecular formula is C10H12BrN3O. The Bertz CT molecular complexity index is 493. The van der Waals surface area contributed by atoms with Crippen LogP contribution in [0.3, 0.4) is 0 Å². The summed E-state index contributed by atoms with van der Waals surface area (Å²) in [6.45, 7) is 4.26. The quantitative estimate of drug-likeness (QED) is 0.842. The maximum absolute atomic E-state index is 5.18. The summed E-state index contributed by atoms with van der Waals surface area (Å²) < 4.78 is 7.92. The molecule has 0 saturated carbocycles. The summed E-state index contributed by atoms with van der Waals surface area (Å²) >= 11 is 3.35. The number of hydrogen-bond donors (Lipinski definition) is 0. The van der Waals surface area contributed by atoms with E-state index in [-0.39, 0.29) is 0 Å². The average Bonchev–Trinajstić information content (AvgIpc) is 2.59. The zero-order valence-electron chi connectivity index (χ0n) is 8.86. The first kappa shape index (κ1) is 10.4.